The lowest BCUT2D eigenvalue weighted by Gasteiger charge is -2.22. The first-order valence-electron chi connectivity index (χ1n) is 10.0. The fraction of sp³-hybridized carbons (Fsp3) is 0.208. The maximum atomic E-state index is 12.3. The second-order valence-corrected chi connectivity index (χ2v) is 8.14. The van der Waals surface area contributed by atoms with E-state index in [1.165, 1.54) is 17.3 Å². The third-order valence-corrected chi connectivity index (χ3v) is 5.62. The Balaban J connectivity index is 1.29. The minimum absolute atomic E-state index is 0.139. The third kappa shape index (κ3) is 4.88. The first kappa shape index (κ1) is 20.9. The number of rotatable bonds is 7. The van der Waals surface area contributed by atoms with Gasteiger partial charge in [-0.3, -0.25) is 15.1 Å². The van der Waals surface area contributed by atoms with Crippen molar-refractivity contribution >= 4 is 34.7 Å². The summed E-state index contributed by atoms with van der Waals surface area (Å²) in [5.74, 6) is 1.41. The number of aliphatic imine (C=N–C) groups is 1. The monoisotopic (exact) mass is 433 g/mol. The Labute approximate surface area is 185 Å². The molecule has 0 atom stereocenters. The van der Waals surface area contributed by atoms with Crippen molar-refractivity contribution in [2.24, 2.45) is 4.99 Å². The molecular formula is C24H23N3O3S. The van der Waals surface area contributed by atoms with Crippen LogP contribution in [-0.2, 0) is 4.79 Å². The molecule has 2 aromatic rings. The van der Waals surface area contributed by atoms with E-state index in [0.29, 0.717) is 18.4 Å². The summed E-state index contributed by atoms with van der Waals surface area (Å²) in [5, 5.41) is 10.6. The summed E-state index contributed by atoms with van der Waals surface area (Å²) in [4.78, 5) is 17.9. The van der Waals surface area contributed by atoms with Crippen LogP contribution >= 0.6 is 11.8 Å². The molecule has 2 aliphatic rings. The van der Waals surface area contributed by atoms with Crippen LogP contribution in [0, 0.1) is 19.3 Å². The maximum Gasteiger partial charge on any atom is 0.283 e. The van der Waals surface area contributed by atoms with Crippen molar-refractivity contribution in [2.45, 2.75) is 20.3 Å². The van der Waals surface area contributed by atoms with Crippen molar-refractivity contribution in [2.75, 3.05) is 13.2 Å². The van der Waals surface area contributed by atoms with Crippen LogP contribution in [0.4, 0.5) is 0 Å². The highest BCUT2D eigenvalue weighted by Crippen LogP contribution is 2.27. The minimum Gasteiger partial charge on any atom is -0.493 e. The van der Waals surface area contributed by atoms with Gasteiger partial charge >= 0.3 is 0 Å². The predicted octanol–water partition coefficient (Wildman–Crippen LogP) is 4.93. The van der Waals surface area contributed by atoms with Gasteiger partial charge in [-0.25, -0.2) is 0 Å². The van der Waals surface area contributed by atoms with Crippen molar-refractivity contribution in [3.63, 3.8) is 0 Å². The number of fused-ring (bicyclic) bond motifs is 1. The number of thioether (sulfide) groups is 1. The number of hydrogen-bond acceptors (Lipinski definition) is 5. The van der Waals surface area contributed by atoms with E-state index in [1.807, 2.05) is 42.7 Å². The number of ether oxygens (including phenoxy) is 2. The third-order valence-electron chi connectivity index (χ3n) is 4.86. The normalized spacial score (nSPS) is 16.5. The average molecular weight is 434 g/mol. The fourth-order valence-corrected chi connectivity index (χ4v) is 3.86. The van der Waals surface area contributed by atoms with E-state index in [2.05, 4.69) is 24.0 Å². The van der Waals surface area contributed by atoms with Gasteiger partial charge in [-0.1, -0.05) is 36.0 Å². The van der Waals surface area contributed by atoms with Gasteiger partial charge < -0.3 is 9.47 Å². The van der Waals surface area contributed by atoms with Gasteiger partial charge in [0.1, 0.15) is 17.3 Å². The molecule has 7 heteroatoms. The molecule has 0 saturated carbocycles. The number of carbonyl (C=O) groups excluding carboxylic acids is 1. The number of amides is 1. The van der Waals surface area contributed by atoms with Crippen LogP contribution in [-0.4, -0.2) is 35.0 Å². The first-order valence-corrected chi connectivity index (χ1v) is 10.9. The molecule has 31 heavy (non-hydrogen) atoms. The number of aryl methyl sites for hydroxylation is 2. The SMILES string of the molecule is Cc1ccc(C)c(OCCCOc2ccc(/C=C3/C(=N)N4C=CSC4=NC3=O)cc2)c1. The van der Waals surface area contributed by atoms with Crippen LogP contribution in [0.1, 0.15) is 23.1 Å². The molecule has 0 aromatic heterocycles. The minimum atomic E-state index is -0.392. The Morgan fingerprint density at radius 2 is 1.87 bits per heavy atom. The molecule has 0 unspecified atom stereocenters. The molecule has 0 spiro atoms. The molecule has 2 aliphatic heterocycles. The Kier molecular flexibility index (Phi) is 6.23. The molecule has 1 amide bonds. The molecular weight excluding hydrogens is 410 g/mol. The fourth-order valence-electron chi connectivity index (χ4n) is 3.15. The number of hydrogen-bond donors (Lipinski definition) is 1. The Hall–Kier alpha value is -3.32. The Bertz CT molecular complexity index is 1100. The first-order chi connectivity index (χ1) is 15.0. The molecule has 0 bridgehead atoms. The quantitative estimate of drug-likeness (QED) is 0.495. The van der Waals surface area contributed by atoms with E-state index in [4.69, 9.17) is 14.9 Å². The molecule has 0 fully saturated rings. The molecule has 4 rings (SSSR count). The lowest BCUT2D eigenvalue weighted by Crippen LogP contribution is -2.35. The van der Waals surface area contributed by atoms with Crippen molar-refractivity contribution in [1.29, 1.82) is 5.41 Å². The Morgan fingerprint density at radius 3 is 2.68 bits per heavy atom. The van der Waals surface area contributed by atoms with Crippen LogP contribution in [0.15, 0.2) is 64.6 Å². The molecule has 158 valence electrons. The van der Waals surface area contributed by atoms with Crippen LogP contribution in [0.5, 0.6) is 11.5 Å². The standard InChI is InChI=1S/C24H23N3O3S/c1-16-4-5-17(2)21(14-16)30-12-3-11-29-19-8-6-18(7-9-19)15-20-22(25)27-10-13-31-24(27)26-23(20)28/h4-10,13-15,25H,3,11-12H2,1-2H3/b20-15-,25-22?. The zero-order valence-electron chi connectivity index (χ0n) is 17.4. The summed E-state index contributed by atoms with van der Waals surface area (Å²) >= 11 is 1.34. The Morgan fingerprint density at radius 1 is 1.10 bits per heavy atom. The molecule has 2 heterocycles. The van der Waals surface area contributed by atoms with Crippen LogP contribution < -0.4 is 9.47 Å². The summed E-state index contributed by atoms with van der Waals surface area (Å²) in [6.07, 6.45) is 4.20. The summed E-state index contributed by atoms with van der Waals surface area (Å²) in [6.45, 7) is 5.22. The number of benzene rings is 2. The topological polar surface area (TPSA) is 75.0 Å². The van der Waals surface area contributed by atoms with Crippen molar-refractivity contribution in [3.8, 4) is 11.5 Å². The van der Waals surface area contributed by atoms with Crippen molar-refractivity contribution in [3.05, 3.63) is 76.3 Å². The van der Waals surface area contributed by atoms with Crippen LogP contribution in [0.25, 0.3) is 6.08 Å². The summed E-state index contributed by atoms with van der Waals surface area (Å²) < 4.78 is 11.6. The van der Waals surface area contributed by atoms with Gasteiger partial charge in [0.2, 0.25) is 0 Å². The molecule has 6 nitrogen and oxygen atoms in total. The predicted molar refractivity (Wildman–Crippen MR) is 125 cm³/mol. The van der Waals surface area contributed by atoms with Gasteiger partial charge in [-0.2, -0.15) is 4.99 Å². The largest absolute Gasteiger partial charge is 0.493 e. The second kappa shape index (κ2) is 9.22. The highest BCUT2D eigenvalue weighted by Gasteiger charge is 2.30. The van der Waals surface area contributed by atoms with Gasteiger partial charge in [0.05, 0.1) is 18.8 Å². The molecule has 0 saturated heterocycles. The summed E-state index contributed by atoms with van der Waals surface area (Å²) in [5.41, 5.74) is 3.39. The maximum absolute atomic E-state index is 12.3. The van der Waals surface area contributed by atoms with E-state index in [-0.39, 0.29) is 11.4 Å². The smallest absolute Gasteiger partial charge is 0.283 e. The summed E-state index contributed by atoms with van der Waals surface area (Å²) in [7, 11) is 0. The lowest BCUT2D eigenvalue weighted by molar-refractivity contribution is -0.114. The van der Waals surface area contributed by atoms with Crippen LogP contribution in [0.2, 0.25) is 0 Å². The highest BCUT2D eigenvalue weighted by molar-refractivity contribution is 8.16. The van der Waals surface area contributed by atoms with Gasteiger partial charge in [-0.15, -0.1) is 0 Å². The van der Waals surface area contributed by atoms with Gasteiger partial charge in [0.25, 0.3) is 5.91 Å². The van der Waals surface area contributed by atoms with E-state index in [9.17, 15) is 4.79 Å². The second-order valence-electron chi connectivity index (χ2n) is 7.27. The molecule has 0 radical (unpaired) electrons. The number of nitrogens with zero attached hydrogens (tertiary/aromatic N) is 2. The number of amidine groups is 2. The highest BCUT2D eigenvalue weighted by atomic mass is 32.2. The molecule has 2 aromatic carbocycles. The van der Waals surface area contributed by atoms with E-state index < -0.39 is 5.91 Å². The average Bonchev–Trinajstić information content (AvgIpc) is 3.23. The number of carbonyl (C=O) groups is 1. The van der Waals surface area contributed by atoms with Gasteiger partial charge in [-0.05, 0) is 60.2 Å². The van der Waals surface area contributed by atoms with Gasteiger partial charge in [0, 0.05) is 12.6 Å². The molecule has 0 aliphatic carbocycles. The van der Waals surface area contributed by atoms with Crippen molar-refractivity contribution in [1.82, 2.24) is 4.90 Å². The van der Waals surface area contributed by atoms with E-state index >= 15 is 0 Å². The van der Waals surface area contributed by atoms with E-state index in [0.717, 1.165) is 29.0 Å². The van der Waals surface area contributed by atoms with Gasteiger partial charge in [0.15, 0.2) is 5.17 Å². The zero-order valence-corrected chi connectivity index (χ0v) is 18.2. The van der Waals surface area contributed by atoms with Crippen LogP contribution in [0.3, 0.4) is 0 Å². The van der Waals surface area contributed by atoms with E-state index in [1.54, 1.807) is 17.2 Å². The summed E-state index contributed by atoms with van der Waals surface area (Å²) in [6, 6.07) is 13.6. The number of nitrogens with one attached hydrogen (secondary N) is 1. The lowest BCUT2D eigenvalue weighted by atomic mass is 10.1. The zero-order chi connectivity index (χ0) is 21.8. The van der Waals surface area contributed by atoms with Crippen molar-refractivity contribution < 1.29 is 14.3 Å². The molecule has 1 N–H and O–H groups in total.